The molecule has 0 fully saturated rings. The molecule has 0 aliphatic rings. The predicted molar refractivity (Wildman–Crippen MR) is 119 cm³/mol. The molecule has 2 atom stereocenters. The fraction of sp³-hybridized carbons (Fsp3) is 0.250. The van der Waals surface area contributed by atoms with Crippen molar-refractivity contribution >= 4 is 66.8 Å². The van der Waals surface area contributed by atoms with Gasteiger partial charge in [-0.2, -0.15) is 14.9 Å². The maximum absolute atomic E-state index is 11.7. The number of hydrogen-bond acceptors (Lipinski definition) is 7. The number of aromatic nitrogens is 2. The van der Waals surface area contributed by atoms with E-state index in [1.165, 1.54) is 18.6 Å². The number of pyridine rings is 2. The quantitative estimate of drug-likeness (QED) is 0.409. The molecular formula is C16H14Cl4N6OS2. The highest BCUT2D eigenvalue weighted by atomic mass is 35.5. The van der Waals surface area contributed by atoms with Crippen LogP contribution in [0.1, 0.15) is 11.1 Å². The summed E-state index contributed by atoms with van der Waals surface area (Å²) in [6.07, 6.45) is 9.68. The highest BCUT2D eigenvalue weighted by Gasteiger charge is 2.07. The Bertz CT molecular complexity index is 1120. The third-order valence-electron chi connectivity index (χ3n) is 2.95. The van der Waals surface area contributed by atoms with Crippen LogP contribution >= 0.6 is 46.4 Å². The molecule has 0 saturated heterocycles. The molecular weight excluding hydrogens is 498 g/mol. The highest BCUT2D eigenvalue weighted by Crippen LogP contribution is 2.21. The minimum atomic E-state index is -2.54. The van der Waals surface area contributed by atoms with Gasteiger partial charge in [0.2, 0.25) is 12.4 Å². The van der Waals surface area contributed by atoms with Crippen molar-refractivity contribution in [3.63, 3.8) is 0 Å². The summed E-state index contributed by atoms with van der Waals surface area (Å²) in [7, 11) is -2.86. The molecule has 0 spiro atoms. The molecule has 2 rings (SSSR count). The van der Waals surface area contributed by atoms with Crippen LogP contribution in [-0.4, -0.2) is 26.7 Å². The van der Waals surface area contributed by atoms with Gasteiger partial charge in [-0.1, -0.05) is 57.1 Å². The lowest BCUT2D eigenvalue weighted by Gasteiger charge is -2.02. The van der Waals surface area contributed by atoms with E-state index in [0.717, 1.165) is 5.56 Å². The third kappa shape index (κ3) is 9.72. The Morgan fingerprint density at radius 2 is 1.55 bits per heavy atom. The van der Waals surface area contributed by atoms with Gasteiger partial charge >= 0.3 is 0 Å². The second kappa shape index (κ2) is 12.3. The van der Waals surface area contributed by atoms with Gasteiger partial charge in [-0.25, -0.2) is 14.2 Å². The molecule has 0 aliphatic carbocycles. The molecule has 0 amide bonds. The molecule has 2 aromatic heterocycles. The molecule has 0 aliphatic heterocycles. The zero-order valence-electron chi connectivity index (χ0n) is 15.1. The minimum absolute atomic E-state index is 0.129. The van der Waals surface area contributed by atoms with Crippen molar-refractivity contribution in [2.24, 2.45) is 8.73 Å². The molecule has 13 heteroatoms. The Labute approximate surface area is 191 Å². The summed E-state index contributed by atoms with van der Waals surface area (Å²) in [5.41, 5.74) is 1.57. The van der Waals surface area contributed by atoms with Gasteiger partial charge in [0.25, 0.3) is 0 Å². The summed E-state index contributed by atoms with van der Waals surface area (Å²) in [6, 6.07) is 3.31. The topological polar surface area (TPSA) is 115 Å². The van der Waals surface area contributed by atoms with Gasteiger partial charge in [-0.15, -0.1) is 4.36 Å². The molecule has 0 aromatic carbocycles. The number of nitriles is 2. The van der Waals surface area contributed by atoms with Gasteiger partial charge < -0.3 is 0 Å². The average molecular weight is 512 g/mol. The van der Waals surface area contributed by atoms with Crippen LogP contribution in [-0.2, 0) is 31.9 Å². The maximum atomic E-state index is 11.7. The fourth-order valence-electron chi connectivity index (χ4n) is 1.85. The van der Waals surface area contributed by atoms with Crippen molar-refractivity contribution in [2.75, 3.05) is 12.5 Å². The van der Waals surface area contributed by atoms with Crippen molar-refractivity contribution in [2.45, 2.75) is 11.5 Å². The SMILES string of the molecule is CS(=O)(Cc1cnc(Cl)c(Cl)c1)=NC#N.CS(Cc1cnc(Cl)c(Cl)c1)=NC#N. The van der Waals surface area contributed by atoms with E-state index in [1.807, 2.05) is 6.26 Å². The first-order valence-corrected chi connectivity index (χ1v) is 12.8. The van der Waals surface area contributed by atoms with Crippen LogP contribution in [0.25, 0.3) is 0 Å². The lowest BCUT2D eigenvalue weighted by molar-refractivity contribution is 0.680. The van der Waals surface area contributed by atoms with E-state index in [-0.39, 0.29) is 21.6 Å². The van der Waals surface area contributed by atoms with Crippen LogP contribution in [0, 0.1) is 22.9 Å². The summed E-state index contributed by atoms with van der Waals surface area (Å²) in [4.78, 5) is 7.71. The fourth-order valence-corrected chi connectivity index (χ4v) is 4.29. The first-order chi connectivity index (χ1) is 13.6. The second-order valence-electron chi connectivity index (χ2n) is 5.46. The molecule has 2 aromatic rings. The summed E-state index contributed by atoms with van der Waals surface area (Å²) in [6.45, 7) is 0. The van der Waals surface area contributed by atoms with E-state index >= 15 is 0 Å². The Morgan fingerprint density at radius 1 is 1.03 bits per heavy atom. The lowest BCUT2D eigenvalue weighted by atomic mass is 10.3. The second-order valence-corrected chi connectivity index (χ2v) is 11.1. The van der Waals surface area contributed by atoms with Gasteiger partial charge in [0.05, 0.1) is 25.5 Å². The van der Waals surface area contributed by atoms with E-state index in [4.69, 9.17) is 56.9 Å². The normalized spacial score (nSPS) is 13.2. The van der Waals surface area contributed by atoms with E-state index < -0.39 is 9.73 Å². The lowest BCUT2D eigenvalue weighted by Crippen LogP contribution is -2.01. The molecule has 0 saturated carbocycles. The van der Waals surface area contributed by atoms with Gasteiger partial charge in [-0.3, -0.25) is 0 Å². The van der Waals surface area contributed by atoms with Crippen molar-refractivity contribution in [1.82, 2.24) is 9.97 Å². The molecule has 154 valence electrons. The van der Waals surface area contributed by atoms with Crippen molar-refractivity contribution in [1.29, 1.82) is 10.5 Å². The third-order valence-corrected chi connectivity index (χ3v) is 6.80. The molecule has 0 N–H and O–H groups in total. The van der Waals surface area contributed by atoms with Crippen LogP contribution in [0.3, 0.4) is 0 Å². The first kappa shape index (κ1) is 25.6. The molecule has 2 heterocycles. The predicted octanol–water partition coefficient (Wildman–Crippen LogP) is 5.27. The monoisotopic (exact) mass is 510 g/mol. The zero-order chi connectivity index (χ0) is 22.0. The van der Waals surface area contributed by atoms with Gasteiger partial charge in [0.1, 0.15) is 10.3 Å². The Morgan fingerprint density at radius 3 is 2.03 bits per heavy atom. The molecule has 7 nitrogen and oxygen atoms in total. The molecule has 2 unspecified atom stereocenters. The van der Waals surface area contributed by atoms with Gasteiger partial charge in [-0.05, 0) is 29.5 Å². The Hall–Kier alpha value is -1.46. The Kier molecular flexibility index (Phi) is 10.8. The summed E-state index contributed by atoms with van der Waals surface area (Å²) < 4.78 is 18.7. The number of hydrogen-bond donors (Lipinski definition) is 0. The van der Waals surface area contributed by atoms with Crippen LogP contribution in [0.4, 0.5) is 0 Å². The number of nitrogens with zero attached hydrogens (tertiary/aromatic N) is 6. The smallest absolute Gasteiger partial charge is 0.214 e. The van der Waals surface area contributed by atoms with Crippen molar-refractivity contribution < 1.29 is 4.21 Å². The van der Waals surface area contributed by atoms with E-state index in [2.05, 4.69) is 18.7 Å². The van der Waals surface area contributed by atoms with E-state index in [0.29, 0.717) is 26.5 Å². The summed E-state index contributed by atoms with van der Waals surface area (Å²) >= 11 is 22.8. The number of rotatable bonds is 4. The van der Waals surface area contributed by atoms with Crippen molar-refractivity contribution in [3.05, 3.63) is 56.0 Å². The molecule has 0 bridgehead atoms. The first-order valence-electron chi connectivity index (χ1n) is 7.48. The minimum Gasteiger partial charge on any atom is -0.249 e. The molecule has 0 radical (unpaired) electrons. The van der Waals surface area contributed by atoms with E-state index in [1.54, 1.807) is 24.5 Å². The average Bonchev–Trinajstić information content (AvgIpc) is 2.62. The van der Waals surface area contributed by atoms with Gasteiger partial charge in [0, 0.05) is 24.4 Å². The van der Waals surface area contributed by atoms with Crippen LogP contribution in [0.2, 0.25) is 20.4 Å². The standard InChI is InChI=1S/C8H7Cl2N3OS.C8H7Cl2N3S/c1-15(14,13-5-11)4-6-2-7(9)8(10)12-3-6;1-14(13-5-11)4-6-2-7(9)8(10)12-3-6/h2-3H,4H2,1H3;2-3H,4H2,1H3. The van der Waals surface area contributed by atoms with Crippen LogP contribution in [0.15, 0.2) is 33.3 Å². The van der Waals surface area contributed by atoms with E-state index in [9.17, 15) is 4.21 Å². The van der Waals surface area contributed by atoms with Crippen molar-refractivity contribution in [3.8, 4) is 12.4 Å². The summed E-state index contributed by atoms with van der Waals surface area (Å²) in [5, 5.41) is 17.9. The zero-order valence-corrected chi connectivity index (χ0v) is 19.8. The summed E-state index contributed by atoms with van der Waals surface area (Å²) in [5.74, 6) is 0.794. The highest BCUT2D eigenvalue weighted by molar-refractivity contribution is 7.92. The van der Waals surface area contributed by atoms with Crippen LogP contribution in [0.5, 0.6) is 0 Å². The largest absolute Gasteiger partial charge is 0.249 e. The molecule has 29 heavy (non-hydrogen) atoms. The van der Waals surface area contributed by atoms with Gasteiger partial charge in [0.15, 0.2) is 0 Å². The Balaban J connectivity index is 0.000000291. The maximum Gasteiger partial charge on any atom is 0.214 e. The number of halogens is 4. The van der Waals surface area contributed by atoms with Crippen LogP contribution < -0.4 is 0 Å².